The number of aryl methyl sites for hydroxylation is 1. The summed E-state index contributed by atoms with van der Waals surface area (Å²) in [5.74, 6) is 0. The molecule has 0 bridgehead atoms. The van der Waals surface area contributed by atoms with Gasteiger partial charge in [0.05, 0.1) is 12.3 Å². The van der Waals surface area contributed by atoms with E-state index in [9.17, 15) is 0 Å². The fourth-order valence-corrected chi connectivity index (χ4v) is 2.48. The first-order valence-corrected chi connectivity index (χ1v) is 8.53. The molecule has 2 atom stereocenters. The summed E-state index contributed by atoms with van der Waals surface area (Å²) in [6.45, 7) is 2.08. The van der Waals surface area contributed by atoms with Gasteiger partial charge in [0.25, 0.3) is 0 Å². The predicted octanol–water partition coefficient (Wildman–Crippen LogP) is 4.54. The van der Waals surface area contributed by atoms with Crippen molar-refractivity contribution >= 4 is 11.6 Å². The Kier molecular flexibility index (Phi) is 7.64. The first-order chi connectivity index (χ1) is 12.1. The van der Waals surface area contributed by atoms with Crippen molar-refractivity contribution in [1.82, 2.24) is 5.32 Å². The van der Waals surface area contributed by atoms with E-state index in [1.165, 1.54) is 5.56 Å². The van der Waals surface area contributed by atoms with Gasteiger partial charge in [-0.2, -0.15) is 0 Å². The Morgan fingerprint density at radius 3 is 1.76 bits per heavy atom. The third-order valence-electron chi connectivity index (χ3n) is 3.67. The molecule has 3 aromatic rings. The molecule has 0 saturated heterocycles. The molecule has 3 nitrogen and oxygen atoms in total. The molecule has 4 heteroatoms. The van der Waals surface area contributed by atoms with E-state index >= 15 is 0 Å². The molecule has 3 rings (SSSR count). The smallest absolute Gasteiger partial charge is 0.0825 e. The second kappa shape index (κ2) is 9.97. The Hall–Kier alpha value is -2.17. The first kappa shape index (κ1) is 19.2. The van der Waals surface area contributed by atoms with Crippen LogP contribution in [-0.2, 0) is 0 Å². The lowest BCUT2D eigenvalue weighted by atomic mass is 10.1. The van der Waals surface area contributed by atoms with E-state index < -0.39 is 0 Å². The van der Waals surface area contributed by atoms with Gasteiger partial charge < -0.3 is 11.5 Å². The Balaban J connectivity index is 0.000000269. The third-order valence-corrected chi connectivity index (χ3v) is 3.90. The van der Waals surface area contributed by atoms with Crippen molar-refractivity contribution in [2.24, 2.45) is 11.5 Å². The molecule has 130 valence electrons. The zero-order chi connectivity index (χ0) is 18.1. The van der Waals surface area contributed by atoms with E-state index in [1.54, 1.807) is 0 Å². The predicted molar refractivity (Wildman–Crippen MR) is 106 cm³/mol. The number of nitrogens with two attached hydrogens (primary N) is 2. The molecule has 0 aromatic heterocycles. The molecular formula is C21H24ClN3. The average molecular weight is 354 g/mol. The van der Waals surface area contributed by atoms with Crippen LogP contribution in [0.1, 0.15) is 29.0 Å². The van der Waals surface area contributed by atoms with Crippen LogP contribution >= 0.6 is 11.6 Å². The summed E-state index contributed by atoms with van der Waals surface area (Å²) in [5, 5.41) is 3.80. The number of halogens is 1. The van der Waals surface area contributed by atoms with Gasteiger partial charge in [-0.05, 0) is 30.2 Å². The molecule has 0 radical (unpaired) electrons. The minimum absolute atomic E-state index is 0.305. The highest BCUT2D eigenvalue weighted by Crippen LogP contribution is 2.17. The molecule has 0 saturated carbocycles. The zero-order valence-electron chi connectivity index (χ0n) is 14.3. The maximum Gasteiger partial charge on any atom is 0.0825 e. The molecule has 0 aliphatic heterocycles. The molecule has 5 N–H and O–H groups in total. The van der Waals surface area contributed by atoms with Crippen LogP contribution in [0.4, 0.5) is 0 Å². The highest BCUT2D eigenvalue weighted by atomic mass is 35.5. The lowest BCUT2D eigenvalue weighted by molar-refractivity contribution is 0.464. The Bertz CT molecular complexity index is 747. The number of hydrogen-bond donors (Lipinski definition) is 3. The van der Waals surface area contributed by atoms with Crippen molar-refractivity contribution in [3.05, 3.63) is 107 Å². The minimum atomic E-state index is -0.348. The van der Waals surface area contributed by atoms with Gasteiger partial charge in [0.1, 0.15) is 0 Å². The third kappa shape index (κ3) is 6.69. The summed E-state index contributed by atoms with van der Waals surface area (Å²) in [6.07, 6.45) is -0.654. The van der Waals surface area contributed by atoms with E-state index in [2.05, 4.69) is 24.4 Å². The van der Waals surface area contributed by atoms with E-state index in [1.807, 2.05) is 72.8 Å². The van der Waals surface area contributed by atoms with Crippen LogP contribution in [0, 0.1) is 6.92 Å². The molecule has 0 aliphatic rings. The van der Waals surface area contributed by atoms with Crippen LogP contribution in [0.2, 0.25) is 5.02 Å². The fourth-order valence-electron chi connectivity index (χ4n) is 2.28. The maximum atomic E-state index is 6.05. The van der Waals surface area contributed by atoms with Crippen LogP contribution in [0.3, 0.4) is 0 Å². The molecule has 0 aliphatic carbocycles. The second-order valence-electron chi connectivity index (χ2n) is 5.74. The zero-order valence-corrected chi connectivity index (χ0v) is 15.0. The maximum absolute atomic E-state index is 6.05. The molecule has 3 aromatic carbocycles. The summed E-state index contributed by atoms with van der Waals surface area (Å²) in [7, 11) is 0. The van der Waals surface area contributed by atoms with Crippen molar-refractivity contribution in [3.63, 3.8) is 0 Å². The van der Waals surface area contributed by atoms with Gasteiger partial charge in [0.15, 0.2) is 0 Å². The number of rotatable bonds is 4. The van der Waals surface area contributed by atoms with E-state index in [-0.39, 0.29) is 12.3 Å². The quantitative estimate of drug-likeness (QED) is 0.603. The lowest BCUT2D eigenvalue weighted by Gasteiger charge is -2.20. The number of hydrogen-bond acceptors (Lipinski definition) is 3. The van der Waals surface area contributed by atoms with Crippen molar-refractivity contribution in [3.8, 4) is 0 Å². The summed E-state index contributed by atoms with van der Waals surface area (Å²) in [4.78, 5) is 0. The van der Waals surface area contributed by atoms with Gasteiger partial charge in [0.2, 0.25) is 0 Å². The minimum Gasteiger partial charge on any atom is -0.312 e. The van der Waals surface area contributed by atoms with Crippen LogP contribution in [0.15, 0.2) is 84.9 Å². The largest absolute Gasteiger partial charge is 0.312 e. The van der Waals surface area contributed by atoms with Crippen molar-refractivity contribution in [2.45, 2.75) is 19.3 Å². The second-order valence-corrected chi connectivity index (χ2v) is 6.18. The van der Waals surface area contributed by atoms with Crippen molar-refractivity contribution in [1.29, 1.82) is 0 Å². The highest BCUT2D eigenvalue weighted by molar-refractivity contribution is 6.30. The molecule has 0 fully saturated rings. The summed E-state index contributed by atoms with van der Waals surface area (Å²) in [6, 6.07) is 27.5. The highest BCUT2D eigenvalue weighted by Gasteiger charge is 2.11. The van der Waals surface area contributed by atoms with E-state index in [4.69, 9.17) is 23.1 Å². The van der Waals surface area contributed by atoms with Gasteiger partial charge in [-0.25, -0.2) is 0 Å². The van der Waals surface area contributed by atoms with Gasteiger partial charge in [-0.1, -0.05) is 90.0 Å². The molecule has 0 heterocycles. The Morgan fingerprint density at radius 1 is 0.720 bits per heavy atom. The number of benzene rings is 3. The molecular weight excluding hydrogens is 330 g/mol. The Morgan fingerprint density at radius 2 is 1.24 bits per heavy atom. The van der Waals surface area contributed by atoms with E-state index in [0.717, 1.165) is 11.1 Å². The summed E-state index contributed by atoms with van der Waals surface area (Å²) < 4.78 is 0. The van der Waals surface area contributed by atoms with Gasteiger partial charge in [-0.15, -0.1) is 0 Å². The van der Waals surface area contributed by atoms with Crippen LogP contribution in [0.25, 0.3) is 0 Å². The van der Waals surface area contributed by atoms with Crippen molar-refractivity contribution < 1.29 is 0 Å². The first-order valence-electron chi connectivity index (χ1n) is 8.15. The van der Waals surface area contributed by atoms with Gasteiger partial charge >= 0.3 is 0 Å². The molecule has 2 unspecified atom stereocenters. The molecule has 0 amide bonds. The molecule has 25 heavy (non-hydrogen) atoms. The standard InChI is InChI=1S/C14H16ClN3.C7H8/c15-12-8-4-7-11(9-12)14(17)18-13(16)10-5-2-1-3-6-10;1-7-5-3-2-4-6-7/h1-9,13-14,18H,16-17H2;2-6H,1H3. The average Bonchev–Trinajstić information content (AvgIpc) is 2.63. The topological polar surface area (TPSA) is 64.1 Å². The van der Waals surface area contributed by atoms with Crippen molar-refractivity contribution in [2.75, 3.05) is 0 Å². The molecule has 0 spiro atoms. The lowest BCUT2D eigenvalue weighted by Crippen LogP contribution is -2.36. The normalized spacial score (nSPS) is 12.6. The SMILES string of the molecule is Cc1ccccc1.NC(NC(N)c1cccc(Cl)c1)c1ccccc1. The number of nitrogens with one attached hydrogen (secondary N) is 1. The van der Waals surface area contributed by atoms with Crippen LogP contribution in [0.5, 0.6) is 0 Å². The monoisotopic (exact) mass is 353 g/mol. The van der Waals surface area contributed by atoms with Crippen LogP contribution < -0.4 is 16.8 Å². The van der Waals surface area contributed by atoms with Gasteiger partial charge in [0, 0.05) is 5.02 Å². The van der Waals surface area contributed by atoms with Crippen LogP contribution in [-0.4, -0.2) is 0 Å². The summed E-state index contributed by atoms with van der Waals surface area (Å²) in [5.41, 5.74) is 15.3. The van der Waals surface area contributed by atoms with Gasteiger partial charge in [-0.3, -0.25) is 5.32 Å². The fraction of sp³-hybridized carbons (Fsp3) is 0.143. The van der Waals surface area contributed by atoms with E-state index in [0.29, 0.717) is 5.02 Å². The summed E-state index contributed by atoms with van der Waals surface area (Å²) >= 11 is 5.93. The Labute approximate surface area is 154 Å².